The maximum absolute atomic E-state index is 13.0. The van der Waals surface area contributed by atoms with Gasteiger partial charge in [-0.25, -0.2) is 4.18 Å². The molecule has 13 nitrogen and oxygen atoms in total. The smallest absolute Gasteiger partial charge is 0.394 e. The van der Waals surface area contributed by atoms with E-state index in [9.17, 15) is 38.7 Å². The van der Waals surface area contributed by atoms with Gasteiger partial charge in [-0.1, -0.05) is 127 Å². The Hall–Kier alpha value is -1.72. The summed E-state index contributed by atoms with van der Waals surface area (Å²) in [5.41, 5.74) is 0. The van der Waals surface area contributed by atoms with Crippen LogP contribution in [-0.4, -0.2) is 107 Å². The van der Waals surface area contributed by atoms with Crippen molar-refractivity contribution < 1.29 is 57.0 Å². The summed E-state index contributed by atoms with van der Waals surface area (Å²) in [6.07, 6.45) is 22.6. The normalized spacial score (nSPS) is 22.7. The molecule has 1 amide bonds. The van der Waals surface area contributed by atoms with Gasteiger partial charge in [0.1, 0.15) is 30.5 Å². The molecule has 0 spiro atoms. The molecule has 0 aliphatic carbocycles. The number of aliphatic hydroxyl groups excluding tert-OH is 5. The van der Waals surface area contributed by atoms with Gasteiger partial charge in [-0.2, -0.15) is 8.42 Å². The summed E-state index contributed by atoms with van der Waals surface area (Å²) in [5, 5.41) is 54.8. The highest BCUT2D eigenvalue weighted by atomic mass is 32.3. The highest BCUT2D eigenvalue weighted by molar-refractivity contribution is 7.80. The predicted octanol–water partition coefficient (Wildman–Crippen LogP) is 5.74. The van der Waals surface area contributed by atoms with E-state index in [1.54, 1.807) is 6.08 Å². The van der Waals surface area contributed by atoms with Crippen LogP contribution in [0.25, 0.3) is 0 Å². The zero-order valence-corrected chi connectivity index (χ0v) is 33.7. The molecule has 0 aromatic rings. The summed E-state index contributed by atoms with van der Waals surface area (Å²) in [5.74, 6) is -0.722. The second-order valence-corrected chi connectivity index (χ2v) is 15.4. The van der Waals surface area contributed by atoms with E-state index < -0.39 is 78.5 Å². The lowest BCUT2D eigenvalue weighted by molar-refractivity contribution is -0.298. The summed E-state index contributed by atoms with van der Waals surface area (Å²) in [7, 11) is -5.12. The van der Waals surface area contributed by atoms with Crippen molar-refractivity contribution in [2.24, 2.45) is 0 Å². The van der Waals surface area contributed by atoms with Gasteiger partial charge in [0.15, 0.2) is 6.29 Å². The fraction of sp³-hybridized carbons (Fsp3) is 0.825. The minimum atomic E-state index is -5.12. The molecule has 14 heteroatoms. The second-order valence-electron chi connectivity index (χ2n) is 14.3. The molecule has 54 heavy (non-hydrogen) atoms. The molecular formula is C40H73NO12S. The maximum Gasteiger partial charge on any atom is 0.397 e. The van der Waals surface area contributed by atoms with Gasteiger partial charge >= 0.3 is 10.4 Å². The number of amides is 1. The Bertz CT molecular complexity index is 1130. The Morgan fingerprint density at radius 3 is 1.81 bits per heavy atom. The van der Waals surface area contributed by atoms with Crippen molar-refractivity contribution >= 4 is 16.3 Å². The summed E-state index contributed by atoms with van der Waals surface area (Å²) in [4.78, 5) is 13.0. The Morgan fingerprint density at radius 2 is 1.24 bits per heavy atom. The van der Waals surface area contributed by atoms with Crippen LogP contribution >= 0.6 is 0 Å². The summed E-state index contributed by atoms with van der Waals surface area (Å²) in [6.45, 7) is 3.10. The number of ether oxygens (including phenoxy) is 2. The van der Waals surface area contributed by atoms with Gasteiger partial charge in [-0.15, -0.1) is 0 Å². The van der Waals surface area contributed by atoms with Gasteiger partial charge in [-0.05, 0) is 57.8 Å². The number of aliphatic hydroxyl groups is 5. The number of allylic oxidation sites excluding steroid dienone is 5. The van der Waals surface area contributed by atoms with Gasteiger partial charge < -0.3 is 40.3 Å². The Kier molecular flexibility index (Phi) is 29.2. The number of carbonyl (C=O) groups excluding carboxylic acids is 1. The molecule has 1 fully saturated rings. The third-order valence-corrected chi connectivity index (χ3v) is 9.97. The molecule has 0 radical (unpaired) electrons. The first-order valence-electron chi connectivity index (χ1n) is 20.5. The SMILES string of the molecule is CCCCC/C=C/CC/C=C/C(O)C(COC1OC(CO)C(O)C(OS(=O)(=O)O)C1O)NC(=O)C(O)CCCCCCCC/C=C\CCCCCCCC. The predicted molar refractivity (Wildman–Crippen MR) is 210 cm³/mol. The lowest BCUT2D eigenvalue weighted by Gasteiger charge is -2.41. The average molecular weight is 792 g/mol. The minimum absolute atomic E-state index is 0.228. The Labute approximate surface area is 325 Å². The van der Waals surface area contributed by atoms with Crippen LogP contribution in [-0.2, 0) is 28.9 Å². The zero-order valence-electron chi connectivity index (χ0n) is 32.9. The average Bonchev–Trinajstić information content (AvgIpc) is 3.14. The first-order valence-corrected chi connectivity index (χ1v) is 21.8. The van der Waals surface area contributed by atoms with E-state index in [2.05, 4.69) is 47.7 Å². The molecule has 1 aliphatic rings. The standard InChI is InChI=1S/C40H73NO12S/c1-3-5-7-9-11-13-14-15-16-17-18-19-21-23-25-27-29-34(44)39(47)41-32(33(43)28-26-24-22-20-12-10-8-6-4-2)31-51-40-37(46)38(53-54(48,49)50)36(45)35(30-42)52-40/h12,15-16,20,26,28,32-38,40,42-46H,3-11,13-14,17-19,21-25,27,29-31H2,1-2H3,(H,41,47)(H,48,49,50)/b16-15-,20-12+,28-26+. The summed E-state index contributed by atoms with van der Waals surface area (Å²) >= 11 is 0. The zero-order chi connectivity index (χ0) is 40.0. The van der Waals surface area contributed by atoms with E-state index in [0.717, 1.165) is 70.6 Å². The molecule has 0 bridgehead atoms. The quantitative estimate of drug-likeness (QED) is 0.0241. The fourth-order valence-corrected chi connectivity index (χ4v) is 6.68. The van der Waals surface area contributed by atoms with E-state index in [1.165, 1.54) is 51.0 Å². The van der Waals surface area contributed by atoms with Gasteiger partial charge in [0, 0.05) is 0 Å². The molecular weight excluding hydrogens is 719 g/mol. The van der Waals surface area contributed by atoms with Crippen LogP contribution in [0.15, 0.2) is 36.5 Å². The van der Waals surface area contributed by atoms with E-state index in [0.29, 0.717) is 12.8 Å². The number of hydrogen-bond acceptors (Lipinski definition) is 11. The Balaban J connectivity index is 2.63. The third kappa shape index (κ3) is 24.0. The number of hydrogen-bond donors (Lipinski definition) is 7. The van der Waals surface area contributed by atoms with Gasteiger partial charge in [-0.3, -0.25) is 9.35 Å². The minimum Gasteiger partial charge on any atom is -0.394 e. The second kappa shape index (κ2) is 31.4. The van der Waals surface area contributed by atoms with Crippen LogP contribution < -0.4 is 5.32 Å². The van der Waals surface area contributed by atoms with Crippen molar-refractivity contribution in [1.82, 2.24) is 5.32 Å². The molecule has 1 rings (SSSR count). The fourth-order valence-electron chi connectivity index (χ4n) is 6.17. The van der Waals surface area contributed by atoms with Crippen molar-refractivity contribution in [3.8, 4) is 0 Å². The highest BCUT2D eigenvalue weighted by Crippen LogP contribution is 2.26. The van der Waals surface area contributed by atoms with Gasteiger partial charge in [0.25, 0.3) is 0 Å². The van der Waals surface area contributed by atoms with Crippen LogP contribution in [0, 0.1) is 0 Å². The van der Waals surface area contributed by atoms with Crippen molar-refractivity contribution in [2.45, 2.75) is 198 Å². The number of unbranched alkanes of at least 4 members (excludes halogenated alkanes) is 16. The number of nitrogens with one attached hydrogen (secondary N) is 1. The molecule has 316 valence electrons. The molecule has 7 N–H and O–H groups in total. The number of carbonyl (C=O) groups is 1. The molecule has 1 aliphatic heterocycles. The monoisotopic (exact) mass is 791 g/mol. The van der Waals surface area contributed by atoms with Crippen molar-refractivity contribution in [1.29, 1.82) is 0 Å². The van der Waals surface area contributed by atoms with Gasteiger partial charge in [0.05, 0.1) is 25.4 Å². The van der Waals surface area contributed by atoms with Crippen molar-refractivity contribution in [3.05, 3.63) is 36.5 Å². The van der Waals surface area contributed by atoms with E-state index in [4.69, 9.17) is 14.0 Å². The van der Waals surface area contributed by atoms with Crippen molar-refractivity contribution in [2.75, 3.05) is 13.2 Å². The third-order valence-electron chi connectivity index (χ3n) is 9.50. The first-order chi connectivity index (χ1) is 25.9. The summed E-state index contributed by atoms with van der Waals surface area (Å²) in [6, 6.07) is -1.14. The lowest BCUT2D eigenvalue weighted by atomic mass is 9.99. The molecule has 8 atom stereocenters. The maximum atomic E-state index is 13.0. The molecule has 8 unspecified atom stereocenters. The molecule has 0 saturated carbocycles. The number of rotatable bonds is 33. The van der Waals surface area contributed by atoms with Crippen LogP contribution in [0.1, 0.15) is 149 Å². The van der Waals surface area contributed by atoms with Crippen molar-refractivity contribution in [3.63, 3.8) is 0 Å². The van der Waals surface area contributed by atoms with E-state index in [1.807, 2.05) is 0 Å². The van der Waals surface area contributed by atoms with Crippen LogP contribution in [0.5, 0.6) is 0 Å². The van der Waals surface area contributed by atoms with E-state index >= 15 is 0 Å². The van der Waals surface area contributed by atoms with Crippen LogP contribution in [0.3, 0.4) is 0 Å². The van der Waals surface area contributed by atoms with Gasteiger partial charge in [0.2, 0.25) is 5.91 Å². The molecule has 0 aromatic heterocycles. The highest BCUT2D eigenvalue weighted by Gasteiger charge is 2.48. The lowest BCUT2D eigenvalue weighted by Crippen LogP contribution is -2.61. The molecule has 1 heterocycles. The summed E-state index contributed by atoms with van der Waals surface area (Å²) < 4.78 is 47.2. The largest absolute Gasteiger partial charge is 0.397 e. The van der Waals surface area contributed by atoms with Crippen LogP contribution in [0.4, 0.5) is 0 Å². The topological polar surface area (TPSA) is 212 Å². The molecule has 0 aromatic carbocycles. The first kappa shape index (κ1) is 50.3. The van der Waals surface area contributed by atoms with E-state index in [-0.39, 0.29) is 6.42 Å². The van der Waals surface area contributed by atoms with Crippen LogP contribution in [0.2, 0.25) is 0 Å². The Morgan fingerprint density at radius 1 is 0.741 bits per heavy atom. The molecule has 1 saturated heterocycles.